The molecule has 0 saturated carbocycles. The van der Waals surface area contributed by atoms with Gasteiger partial charge in [0.15, 0.2) is 0 Å². The first-order valence-electron chi connectivity index (χ1n) is 5.57. The van der Waals surface area contributed by atoms with Crippen molar-refractivity contribution in [1.29, 1.82) is 0 Å². The van der Waals surface area contributed by atoms with Crippen molar-refractivity contribution >= 4 is 5.91 Å². The first-order chi connectivity index (χ1) is 9.09. The van der Waals surface area contributed by atoms with Crippen molar-refractivity contribution in [2.45, 2.75) is 25.2 Å². The van der Waals surface area contributed by atoms with E-state index in [1.165, 1.54) is 12.1 Å². The second kappa shape index (κ2) is 5.74. The molecule has 112 valence electrons. The summed E-state index contributed by atoms with van der Waals surface area (Å²) < 4.78 is 61.9. The van der Waals surface area contributed by atoms with Crippen LogP contribution in [0.25, 0.3) is 0 Å². The van der Waals surface area contributed by atoms with Crippen molar-refractivity contribution in [3.8, 4) is 0 Å². The molecule has 8 heteroatoms. The highest BCUT2D eigenvalue weighted by Crippen LogP contribution is 2.36. The highest BCUT2D eigenvalue weighted by Gasteiger charge is 2.64. The van der Waals surface area contributed by atoms with E-state index in [4.69, 9.17) is 5.73 Å². The Bertz CT molecular complexity index is 470. The van der Waals surface area contributed by atoms with Gasteiger partial charge in [0, 0.05) is 20.1 Å². The number of nitrogens with zero attached hydrogens (tertiary/aromatic N) is 1. The van der Waals surface area contributed by atoms with E-state index in [9.17, 15) is 26.7 Å². The Kier molecular flexibility index (Phi) is 4.69. The number of amides is 1. The average Bonchev–Trinajstić information content (AvgIpc) is 2.37. The molecule has 3 nitrogen and oxygen atoms in total. The summed E-state index contributed by atoms with van der Waals surface area (Å²) in [5.41, 5.74) is 6.57. The van der Waals surface area contributed by atoms with Crippen LogP contribution in [0.15, 0.2) is 24.3 Å². The maximum absolute atomic E-state index is 12.9. The van der Waals surface area contributed by atoms with Crippen LogP contribution in [0, 0.1) is 0 Å². The largest absolute Gasteiger partial charge is 0.463 e. The Labute approximate surface area is 112 Å². The van der Waals surface area contributed by atoms with Crippen molar-refractivity contribution in [2.75, 3.05) is 7.05 Å². The molecule has 0 fully saturated rings. The summed E-state index contributed by atoms with van der Waals surface area (Å²) in [7, 11) is 0.888. The van der Waals surface area contributed by atoms with Crippen molar-refractivity contribution in [3.05, 3.63) is 35.4 Å². The molecule has 1 rings (SSSR count). The predicted octanol–water partition coefficient (Wildman–Crippen LogP) is 2.30. The minimum Gasteiger partial charge on any atom is -0.336 e. The van der Waals surface area contributed by atoms with Crippen molar-refractivity contribution in [3.63, 3.8) is 0 Å². The standard InChI is InChI=1S/C12H13F5N2O/c1-19(10(20)11(13,14)12(15,16)17)7-9-4-2-8(6-18)3-5-9/h2-5H,6-7,18H2,1H3. The fourth-order valence-electron chi connectivity index (χ4n) is 1.49. The highest BCUT2D eigenvalue weighted by atomic mass is 19.4. The summed E-state index contributed by atoms with van der Waals surface area (Å²) in [4.78, 5) is 11.5. The molecule has 0 aromatic heterocycles. The van der Waals surface area contributed by atoms with Crippen LogP contribution in [0.5, 0.6) is 0 Å². The number of carbonyl (C=O) groups excluding carboxylic acids is 1. The first kappa shape index (κ1) is 16.4. The normalized spacial score (nSPS) is 12.3. The van der Waals surface area contributed by atoms with Gasteiger partial charge in [-0.05, 0) is 11.1 Å². The molecule has 0 atom stereocenters. The van der Waals surface area contributed by atoms with Crippen LogP contribution in [0.3, 0.4) is 0 Å². The Morgan fingerprint density at radius 1 is 1.10 bits per heavy atom. The zero-order chi connectivity index (χ0) is 15.6. The summed E-state index contributed by atoms with van der Waals surface area (Å²) >= 11 is 0. The van der Waals surface area contributed by atoms with Crippen LogP contribution >= 0.6 is 0 Å². The van der Waals surface area contributed by atoms with Crippen LogP contribution in [-0.4, -0.2) is 30.0 Å². The van der Waals surface area contributed by atoms with Gasteiger partial charge in [0.1, 0.15) is 0 Å². The summed E-state index contributed by atoms with van der Waals surface area (Å²) in [5.74, 6) is -7.67. The minimum atomic E-state index is -5.90. The van der Waals surface area contributed by atoms with E-state index in [-0.39, 0.29) is 13.1 Å². The van der Waals surface area contributed by atoms with Gasteiger partial charge in [0.2, 0.25) is 0 Å². The second-order valence-corrected chi connectivity index (χ2v) is 4.25. The summed E-state index contributed by atoms with van der Waals surface area (Å²) in [6, 6.07) is 6.24. The Morgan fingerprint density at radius 2 is 1.55 bits per heavy atom. The molecule has 0 spiro atoms. The summed E-state index contributed by atoms with van der Waals surface area (Å²) in [6.07, 6.45) is -5.90. The number of nitrogens with two attached hydrogens (primary N) is 1. The second-order valence-electron chi connectivity index (χ2n) is 4.25. The van der Waals surface area contributed by atoms with E-state index in [0.717, 1.165) is 12.6 Å². The molecule has 0 radical (unpaired) electrons. The third kappa shape index (κ3) is 3.44. The summed E-state index contributed by atoms with van der Waals surface area (Å²) in [6.45, 7) is -0.0729. The van der Waals surface area contributed by atoms with Crippen molar-refractivity contribution in [2.24, 2.45) is 5.73 Å². The Balaban J connectivity index is 2.80. The number of benzene rings is 1. The highest BCUT2D eigenvalue weighted by molar-refractivity contribution is 5.84. The maximum atomic E-state index is 12.9. The van der Waals surface area contributed by atoms with Gasteiger partial charge >= 0.3 is 18.0 Å². The van der Waals surface area contributed by atoms with E-state index < -0.39 is 18.0 Å². The van der Waals surface area contributed by atoms with Gasteiger partial charge in [0.05, 0.1) is 0 Å². The SMILES string of the molecule is CN(Cc1ccc(CN)cc1)C(=O)C(F)(F)C(F)(F)F. The van der Waals surface area contributed by atoms with Crippen LogP contribution in [-0.2, 0) is 17.9 Å². The molecule has 0 bridgehead atoms. The van der Waals surface area contributed by atoms with Gasteiger partial charge in [-0.3, -0.25) is 4.79 Å². The molecular weight excluding hydrogens is 283 g/mol. The molecule has 20 heavy (non-hydrogen) atoms. The van der Waals surface area contributed by atoms with Crippen LogP contribution in [0.2, 0.25) is 0 Å². The van der Waals surface area contributed by atoms with E-state index in [2.05, 4.69) is 0 Å². The molecule has 0 aliphatic carbocycles. The lowest BCUT2D eigenvalue weighted by Crippen LogP contribution is -2.50. The van der Waals surface area contributed by atoms with E-state index in [1.54, 1.807) is 12.1 Å². The van der Waals surface area contributed by atoms with Gasteiger partial charge in [-0.15, -0.1) is 0 Å². The zero-order valence-corrected chi connectivity index (χ0v) is 10.5. The predicted molar refractivity (Wildman–Crippen MR) is 61.8 cm³/mol. The number of rotatable bonds is 4. The van der Waals surface area contributed by atoms with Crippen LogP contribution in [0.4, 0.5) is 22.0 Å². The fraction of sp³-hybridized carbons (Fsp3) is 0.417. The molecular formula is C12H13F5N2O. The maximum Gasteiger partial charge on any atom is 0.463 e. The molecule has 0 aliphatic heterocycles. The lowest BCUT2D eigenvalue weighted by molar-refractivity contribution is -0.274. The van der Waals surface area contributed by atoms with Crippen LogP contribution < -0.4 is 5.73 Å². The number of alkyl halides is 5. The molecule has 1 aromatic rings. The monoisotopic (exact) mass is 296 g/mol. The molecule has 1 amide bonds. The summed E-state index contributed by atoms with van der Waals surface area (Å²) in [5, 5.41) is 0. The van der Waals surface area contributed by atoms with Crippen molar-refractivity contribution in [1.82, 2.24) is 4.90 Å². The first-order valence-corrected chi connectivity index (χ1v) is 5.57. The molecule has 0 aliphatic rings. The molecule has 0 saturated heterocycles. The number of carbonyl (C=O) groups is 1. The van der Waals surface area contributed by atoms with Gasteiger partial charge < -0.3 is 10.6 Å². The van der Waals surface area contributed by atoms with Gasteiger partial charge in [-0.25, -0.2) is 0 Å². The van der Waals surface area contributed by atoms with Gasteiger partial charge in [0.25, 0.3) is 0 Å². The smallest absolute Gasteiger partial charge is 0.336 e. The Morgan fingerprint density at radius 3 is 1.95 bits per heavy atom. The topological polar surface area (TPSA) is 46.3 Å². The number of hydrogen-bond acceptors (Lipinski definition) is 2. The minimum absolute atomic E-state index is 0.279. The average molecular weight is 296 g/mol. The molecule has 1 aromatic carbocycles. The quantitative estimate of drug-likeness (QED) is 0.867. The van der Waals surface area contributed by atoms with E-state index in [0.29, 0.717) is 10.5 Å². The molecule has 0 heterocycles. The lowest BCUT2D eigenvalue weighted by Gasteiger charge is -2.24. The third-order valence-electron chi connectivity index (χ3n) is 2.65. The van der Waals surface area contributed by atoms with E-state index >= 15 is 0 Å². The third-order valence-corrected chi connectivity index (χ3v) is 2.65. The van der Waals surface area contributed by atoms with Crippen LogP contribution in [0.1, 0.15) is 11.1 Å². The fourth-order valence-corrected chi connectivity index (χ4v) is 1.49. The molecule has 2 N–H and O–H groups in total. The zero-order valence-electron chi connectivity index (χ0n) is 10.5. The van der Waals surface area contributed by atoms with Crippen molar-refractivity contribution < 1.29 is 26.7 Å². The van der Waals surface area contributed by atoms with Gasteiger partial charge in [-0.1, -0.05) is 24.3 Å². The Hall–Kier alpha value is -1.70. The number of hydrogen-bond donors (Lipinski definition) is 1. The lowest BCUT2D eigenvalue weighted by atomic mass is 10.1. The number of halogens is 5. The van der Waals surface area contributed by atoms with E-state index in [1.807, 2.05) is 0 Å². The van der Waals surface area contributed by atoms with Gasteiger partial charge in [-0.2, -0.15) is 22.0 Å². The molecule has 0 unspecified atom stereocenters.